The average molecular weight is 199 g/mol. The van der Waals surface area contributed by atoms with Gasteiger partial charge in [-0.2, -0.15) is 0 Å². The third-order valence-electron chi connectivity index (χ3n) is 3.70. The maximum absolute atomic E-state index is 9.69. The van der Waals surface area contributed by atoms with E-state index in [1.807, 2.05) is 0 Å². The summed E-state index contributed by atoms with van der Waals surface area (Å²) in [4.78, 5) is 2.31. The van der Waals surface area contributed by atoms with Crippen molar-refractivity contribution in [3.63, 3.8) is 0 Å². The Morgan fingerprint density at radius 1 is 1.29 bits per heavy atom. The molecule has 1 saturated carbocycles. The van der Waals surface area contributed by atoms with Crippen molar-refractivity contribution in [3.05, 3.63) is 0 Å². The Labute approximate surface area is 86.0 Å². The summed E-state index contributed by atoms with van der Waals surface area (Å²) in [6.45, 7) is 5.80. The molecule has 82 valence electrons. The van der Waals surface area contributed by atoms with Crippen LogP contribution in [-0.4, -0.2) is 48.5 Å². The van der Waals surface area contributed by atoms with Crippen molar-refractivity contribution in [1.29, 1.82) is 0 Å². The lowest BCUT2D eigenvalue weighted by molar-refractivity contribution is -0.00945. The second-order valence-corrected chi connectivity index (χ2v) is 5.56. The highest BCUT2D eigenvalue weighted by Gasteiger charge is 2.42. The lowest BCUT2D eigenvalue weighted by Crippen LogP contribution is -2.53. The molecule has 2 rings (SSSR count). The fraction of sp³-hybridized carbons (Fsp3) is 1.00. The topological polar surface area (TPSA) is 32.7 Å². The molecule has 0 spiro atoms. The van der Waals surface area contributed by atoms with Gasteiger partial charge >= 0.3 is 0 Å². The molecule has 1 saturated heterocycles. The standard InChI is InChI=1S/C11H21NO2/c1-11(2)4-8(5-11)12(3)9-6-14-7-10(9)13/h8-10,13H,4-7H2,1-3H3. The van der Waals surface area contributed by atoms with E-state index < -0.39 is 0 Å². The minimum absolute atomic E-state index is 0.219. The van der Waals surface area contributed by atoms with Crippen LogP contribution in [0, 0.1) is 5.41 Å². The van der Waals surface area contributed by atoms with Crippen LogP contribution in [0.3, 0.4) is 0 Å². The van der Waals surface area contributed by atoms with Gasteiger partial charge in [-0.1, -0.05) is 13.8 Å². The number of hydrogen-bond donors (Lipinski definition) is 1. The van der Waals surface area contributed by atoms with E-state index in [4.69, 9.17) is 4.74 Å². The fourth-order valence-corrected chi connectivity index (χ4v) is 2.70. The van der Waals surface area contributed by atoms with Crippen molar-refractivity contribution in [1.82, 2.24) is 4.90 Å². The van der Waals surface area contributed by atoms with Crippen molar-refractivity contribution in [2.45, 2.75) is 44.9 Å². The molecule has 2 aliphatic rings. The first-order valence-corrected chi connectivity index (χ1v) is 5.47. The molecule has 2 unspecified atom stereocenters. The molecule has 2 atom stereocenters. The van der Waals surface area contributed by atoms with Gasteiger partial charge in [-0.15, -0.1) is 0 Å². The van der Waals surface area contributed by atoms with E-state index in [0.29, 0.717) is 24.7 Å². The van der Waals surface area contributed by atoms with E-state index in [0.717, 1.165) is 0 Å². The Morgan fingerprint density at radius 3 is 2.36 bits per heavy atom. The summed E-state index contributed by atoms with van der Waals surface area (Å²) in [7, 11) is 2.11. The van der Waals surface area contributed by atoms with E-state index >= 15 is 0 Å². The number of aliphatic hydroxyl groups excluding tert-OH is 1. The quantitative estimate of drug-likeness (QED) is 0.716. The van der Waals surface area contributed by atoms with Gasteiger partial charge in [0.2, 0.25) is 0 Å². The molecule has 0 aromatic heterocycles. The molecular weight excluding hydrogens is 178 g/mol. The van der Waals surface area contributed by atoms with Crippen LogP contribution in [-0.2, 0) is 4.74 Å². The maximum Gasteiger partial charge on any atom is 0.0950 e. The molecule has 0 radical (unpaired) electrons. The third kappa shape index (κ3) is 1.81. The summed E-state index contributed by atoms with van der Waals surface area (Å²) < 4.78 is 5.27. The van der Waals surface area contributed by atoms with Gasteiger partial charge in [-0.3, -0.25) is 4.90 Å². The molecular formula is C11H21NO2. The van der Waals surface area contributed by atoms with Gasteiger partial charge in [0.15, 0.2) is 0 Å². The van der Waals surface area contributed by atoms with Gasteiger partial charge in [0.05, 0.1) is 25.4 Å². The van der Waals surface area contributed by atoms with Gasteiger partial charge in [0, 0.05) is 6.04 Å². The third-order valence-corrected chi connectivity index (χ3v) is 3.70. The second kappa shape index (κ2) is 3.47. The Bertz CT molecular complexity index is 209. The number of likely N-dealkylation sites (N-methyl/N-ethyl adjacent to an activating group) is 1. The SMILES string of the molecule is CN(C1CC(C)(C)C1)C1COCC1O. The molecule has 1 aliphatic carbocycles. The molecule has 14 heavy (non-hydrogen) atoms. The molecule has 3 nitrogen and oxygen atoms in total. The number of nitrogens with zero attached hydrogens (tertiary/aromatic N) is 1. The Hall–Kier alpha value is -0.120. The van der Waals surface area contributed by atoms with Crippen LogP contribution < -0.4 is 0 Å². The zero-order chi connectivity index (χ0) is 10.3. The van der Waals surface area contributed by atoms with Crippen molar-refractivity contribution < 1.29 is 9.84 Å². The highest BCUT2D eigenvalue weighted by atomic mass is 16.5. The Kier molecular flexibility index (Phi) is 2.58. The van der Waals surface area contributed by atoms with Crippen LogP contribution in [0.4, 0.5) is 0 Å². The molecule has 1 aliphatic heterocycles. The lowest BCUT2D eigenvalue weighted by atomic mass is 9.67. The largest absolute Gasteiger partial charge is 0.389 e. The van der Waals surface area contributed by atoms with Crippen LogP contribution in [0.1, 0.15) is 26.7 Å². The summed E-state index contributed by atoms with van der Waals surface area (Å²) in [5.41, 5.74) is 0.503. The second-order valence-electron chi connectivity index (χ2n) is 5.56. The minimum atomic E-state index is -0.288. The zero-order valence-corrected chi connectivity index (χ0v) is 9.36. The van der Waals surface area contributed by atoms with Crippen molar-refractivity contribution in [3.8, 4) is 0 Å². The summed E-state index contributed by atoms with van der Waals surface area (Å²) in [6.07, 6.45) is 2.20. The highest BCUT2D eigenvalue weighted by Crippen LogP contribution is 2.43. The number of hydrogen-bond acceptors (Lipinski definition) is 3. The summed E-state index contributed by atoms with van der Waals surface area (Å²) >= 11 is 0. The maximum atomic E-state index is 9.69. The summed E-state index contributed by atoms with van der Waals surface area (Å²) in [6, 6.07) is 0.863. The van der Waals surface area contributed by atoms with Gasteiger partial charge in [0.25, 0.3) is 0 Å². The van der Waals surface area contributed by atoms with Crippen molar-refractivity contribution in [2.24, 2.45) is 5.41 Å². The average Bonchev–Trinajstić information content (AvgIpc) is 2.45. The van der Waals surface area contributed by atoms with Gasteiger partial charge in [-0.05, 0) is 25.3 Å². The Morgan fingerprint density at radius 2 is 1.93 bits per heavy atom. The number of rotatable bonds is 2. The zero-order valence-electron chi connectivity index (χ0n) is 9.36. The smallest absolute Gasteiger partial charge is 0.0950 e. The highest BCUT2D eigenvalue weighted by molar-refractivity contribution is 4.96. The van der Waals surface area contributed by atoms with Gasteiger partial charge in [0.1, 0.15) is 0 Å². The first-order valence-electron chi connectivity index (χ1n) is 5.47. The van der Waals surface area contributed by atoms with Gasteiger partial charge in [-0.25, -0.2) is 0 Å². The lowest BCUT2D eigenvalue weighted by Gasteiger charge is -2.49. The molecule has 0 aromatic carbocycles. The monoisotopic (exact) mass is 199 g/mol. The predicted molar refractivity (Wildman–Crippen MR) is 55.2 cm³/mol. The van der Waals surface area contributed by atoms with E-state index in [2.05, 4.69) is 25.8 Å². The molecule has 2 fully saturated rings. The first kappa shape index (κ1) is 10.4. The van der Waals surface area contributed by atoms with Crippen molar-refractivity contribution in [2.75, 3.05) is 20.3 Å². The molecule has 1 N–H and O–H groups in total. The molecule has 0 amide bonds. The van der Waals surface area contributed by atoms with Crippen LogP contribution >= 0.6 is 0 Å². The van der Waals surface area contributed by atoms with Crippen LogP contribution in [0.5, 0.6) is 0 Å². The van der Waals surface area contributed by atoms with Crippen LogP contribution in [0.15, 0.2) is 0 Å². The van der Waals surface area contributed by atoms with Gasteiger partial charge < -0.3 is 9.84 Å². The van der Waals surface area contributed by atoms with E-state index in [1.54, 1.807) is 0 Å². The van der Waals surface area contributed by atoms with E-state index in [1.165, 1.54) is 12.8 Å². The number of ether oxygens (including phenoxy) is 1. The van der Waals surface area contributed by atoms with E-state index in [9.17, 15) is 5.11 Å². The Balaban J connectivity index is 1.87. The predicted octanol–water partition coefficient (Wildman–Crippen LogP) is 0.866. The summed E-state index contributed by atoms with van der Waals surface area (Å²) in [5.74, 6) is 0. The molecule has 1 heterocycles. The fourth-order valence-electron chi connectivity index (χ4n) is 2.70. The first-order chi connectivity index (χ1) is 6.49. The molecule has 0 aromatic rings. The summed E-state index contributed by atoms with van der Waals surface area (Å²) in [5, 5.41) is 9.69. The number of aliphatic hydroxyl groups is 1. The van der Waals surface area contributed by atoms with E-state index in [-0.39, 0.29) is 12.1 Å². The molecule has 3 heteroatoms. The van der Waals surface area contributed by atoms with Crippen LogP contribution in [0.2, 0.25) is 0 Å². The van der Waals surface area contributed by atoms with Crippen molar-refractivity contribution >= 4 is 0 Å². The minimum Gasteiger partial charge on any atom is -0.389 e. The normalized spacial score (nSPS) is 37.5. The molecule has 0 bridgehead atoms. The van der Waals surface area contributed by atoms with Crippen LogP contribution in [0.25, 0.3) is 0 Å².